The van der Waals surface area contributed by atoms with Crippen LogP contribution in [0.15, 0.2) is 48.6 Å². The number of allylic oxidation sites excluding steroid dienone is 8. The predicted octanol–water partition coefficient (Wildman–Crippen LogP) is 7.26. The summed E-state index contributed by atoms with van der Waals surface area (Å²) in [5, 5.41) is 12.4. The zero-order chi connectivity index (χ0) is 31.2. The molecule has 0 aromatic carbocycles. The third kappa shape index (κ3) is 29.5. The summed E-state index contributed by atoms with van der Waals surface area (Å²) in [6.45, 7) is 3.16. The van der Waals surface area contributed by atoms with Crippen LogP contribution in [-0.4, -0.2) is 54.3 Å². The molecule has 0 saturated heterocycles. The van der Waals surface area contributed by atoms with Crippen LogP contribution in [0.1, 0.15) is 110 Å². The number of amides is 1. The van der Waals surface area contributed by atoms with Crippen molar-refractivity contribution in [2.45, 2.75) is 116 Å². The minimum atomic E-state index is -4.40. The highest BCUT2D eigenvalue weighted by atomic mass is 31.2. The van der Waals surface area contributed by atoms with Gasteiger partial charge in [-0.1, -0.05) is 88.1 Å². The number of rotatable bonds is 28. The maximum Gasteiger partial charge on any atom is 0.472 e. The fraction of sp³-hybridized carbons (Fsp3) is 0.688. The van der Waals surface area contributed by atoms with Crippen LogP contribution in [0.5, 0.6) is 0 Å². The second-order valence-electron chi connectivity index (χ2n) is 10.1. The molecular formula is C32H56NO8P. The molecule has 0 aromatic heterocycles. The first kappa shape index (κ1) is 40.0. The van der Waals surface area contributed by atoms with Crippen LogP contribution in [0.25, 0.3) is 0 Å². The maximum atomic E-state index is 11.9. The Balaban J connectivity index is 3.68. The van der Waals surface area contributed by atoms with Gasteiger partial charge in [0, 0.05) is 19.4 Å². The Labute approximate surface area is 254 Å². The normalized spacial score (nSPS) is 14.3. The first-order chi connectivity index (χ1) is 20.3. The molecule has 0 saturated carbocycles. The van der Waals surface area contributed by atoms with Crippen LogP contribution in [0.2, 0.25) is 0 Å². The molecule has 0 rings (SSSR count). The zero-order valence-corrected chi connectivity index (χ0v) is 26.8. The molecule has 0 aromatic rings. The van der Waals surface area contributed by atoms with Gasteiger partial charge >= 0.3 is 13.8 Å². The lowest BCUT2D eigenvalue weighted by Crippen LogP contribution is -2.27. The number of esters is 1. The molecule has 42 heavy (non-hydrogen) atoms. The van der Waals surface area contributed by atoms with E-state index >= 15 is 0 Å². The number of carbonyl (C=O) groups excluding carboxylic acids is 2. The van der Waals surface area contributed by atoms with Crippen LogP contribution in [0, 0.1) is 0 Å². The van der Waals surface area contributed by atoms with E-state index in [1.54, 1.807) is 0 Å². The molecule has 0 spiro atoms. The fourth-order valence-corrected chi connectivity index (χ4v) is 4.33. The van der Waals surface area contributed by atoms with Crippen molar-refractivity contribution in [2.24, 2.45) is 0 Å². The molecule has 0 radical (unpaired) electrons. The zero-order valence-electron chi connectivity index (χ0n) is 25.9. The summed E-state index contributed by atoms with van der Waals surface area (Å²) < 4.78 is 26.2. The molecule has 0 bridgehead atoms. The van der Waals surface area contributed by atoms with Gasteiger partial charge in [-0.2, -0.15) is 0 Å². The van der Waals surface area contributed by atoms with E-state index in [4.69, 9.17) is 13.8 Å². The number of aliphatic hydroxyl groups excluding tert-OH is 1. The molecule has 3 N–H and O–H groups in total. The molecule has 2 unspecified atom stereocenters. The van der Waals surface area contributed by atoms with Gasteiger partial charge in [0.25, 0.3) is 0 Å². The number of phosphoric ester groups is 1. The molecule has 10 heteroatoms. The second-order valence-corrected chi connectivity index (χ2v) is 11.5. The summed E-state index contributed by atoms with van der Waals surface area (Å²) in [6.07, 6.45) is 30.2. The highest BCUT2D eigenvalue weighted by Crippen LogP contribution is 2.42. The Morgan fingerprint density at radius 1 is 0.738 bits per heavy atom. The van der Waals surface area contributed by atoms with Crippen molar-refractivity contribution in [3.63, 3.8) is 0 Å². The van der Waals surface area contributed by atoms with Gasteiger partial charge in [0.15, 0.2) is 0 Å². The number of hydrogen-bond acceptors (Lipinski definition) is 7. The van der Waals surface area contributed by atoms with Gasteiger partial charge in [-0.3, -0.25) is 18.6 Å². The lowest BCUT2D eigenvalue weighted by molar-refractivity contribution is -0.147. The predicted molar refractivity (Wildman–Crippen MR) is 169 cm³/mol. The first-order valence-corrected chi connectivity index (χ1v) is 17.1. The molecule has 0 aliphatic rings. The Bertz CT molecular complexity index is 840. The smallest absolute Gasteiger partial charge is 0.463 e. The summed E-state index contributed by atoms with van der Waals surface area (Å²) in [5.41, 5.74) is 0. The highest BCUT2D eigenvalue weighted by molar-refractivity contribution is 7.47. The summed E-state index contributed by atoms with van der Waals surface area (Å²) in [4.78, 5) is 33.0. The van der Waals surface area contributed by atoms with Crippen LogP contribution < -0.4 is 5.32 Å². The number of unbranched alkanes of at least 4 members (excludes halogenated alkanes) is 7. The van der Waals surface area contributed by atoms with Crippen molar-refractivity contribution in [3.8, 4) is 0 Å². The Hall–Kier alpha value is -2.03. The van der Waals surface area contributed by atoms with Gasteiger partial charge in [0.2, 0.25) is 5.91 Å². The molecule has 2 atom stereocenters. The fourth-order valence-electron chi connectivity index (χ4n) is 3.57. The van der Waals surface area contributed by atoms with E-state index in [9.17, 15) is 24.2 Å². The van der Waals surface area contributed by atoms with Gasteiger partial charge in [0.1, 0.15) is 12.7 Å². The third-order valence-corrected chi connectivity index (χ3v) is 7.00. The molecule has 9 nitrogen and oxygen atoms in total. The molecular weight excluding hydrogens is 557 g/mol. The van der Waals surface area contributed by atoms with Crippen molar-refractivity contribution in [3.05, 3.63) is 48.6 Å². The topological polar surface area (TPSA) is 131 Å². The summed E-state index contributed by atoms with van der Waals surface area (Å²) in [5.74, 6) is -0.591. The molecule has 0 aliphatic carbocycles. The molecule has 242 valence electrons. The molecule has 1 amide bonds. The Morgan fingerprint density at radius 2 is 1.31 bits per heavy atom. The average Bonchev–Trinajstić information content (AvgIpc) is 2.97. The minimum absolute atomic E-state index is 0.0621. The van der Waals surface area contributed by atoms with Crippen molar-refractivity contribution in [1.29, 1.82) is 0 Å². The van der Waals surface area contributed by atoms with Crippen molar-refractivity contribution >= 4 is 19.7 Å². The van der Waals surface area contributed by atoms with Crippen LogP contribution in [0.3, 0.4) is 0 Å². The Kier molecular flexibility index (Phi) is 27.7. The van der Waals surface area contributed by atoms with Gasteiger partial charge in [0.05, 0.1) is 13.2 Å². The van der Waals surface area contributed by atoms with Crippen LogP contribution >= 0.6 is 7.82 Å². The van der Waals surface area contributed by atoms with Crippen LogP contribution in [-0.2, 0) is 27.9 Å². The van der Waals surface area contributed by atoms with E-state index in [0.717, 1.165) is 51.4 Å². The highest BCUT2D eigenvalue weighted by Gasteiger charge is 2.23. The lowest BCUT2D eigenvalue weighted by Gasteiger charge is -2.15. The largest absolute Gasteiger partial charge is 0.472 e. The number of hydrogen-bond donors (Lipinski definition) is 3. The van der Waals surface area contributed by atoms with Gasteiger partial charge in [-0.05, 0) is 57.8 Å². The number of ether oxygens (including phenoxy) is 1. The van der Waals surface area contributed by atoms with Gasteiger partial charge in [-0.25, -0.2) is 4.57 Å². The minimum Gasteiger partial charge on any atom is -0.463 e. The number of carbonyl (C=O) groups is 2. The number of aliphatic hydroxyl groups is 1. The number of phosphoric acid groups is 1. The second kappa shape index (κ2) is 29.1. The van der Waals surface area contributed by atoms with Crippen molar-refractivity contribution in [1.82, 2.24) is 5.32 Å². The van der Waals surface area contributed by atoms with E-state index < -0.39 is 26.5 Å². The lowest BCUT2D eigenvalue weighted by atomic mass is 10.1. The maximum absolute atomic E-state index is 11.9. The van der Waals surface area contributed by atoms with Gasteiger partial charge < -0.3 is 20.1 Å². The van der Waals surface area contributed by atoms with E-state index in [-0.39, 0.29) is 32.1 Å². The molecule has 0 fully saturated rings. The standard InChI is InChI=1S/C32H56NO8P/c1-3-5-7-8-9-10-11-12-13-14-15-16-17-18-19-20-21-22-23-24-31(35)33-26-27-40-42(37,38)41-29-30(34)28-39-32(36)25-6-4-2/h9-10,12-13,15-16,18-19,30,34H,3-8,11,14,17,20-29H2,1-2H3,(H,33,35)(H,37,38)/b10-9-,13-12-,16-15-,19-18-. The average molecular weight is 614 g/mol. The van der Waals surface area contributed by atoms with Crippen molar-refractivity contribution in [2.75, 3.05) is 26.4 Å². The molecule has 0 aliphatic heterocycles. The molecule has 0 heterocycles. The summed E-state index contributed by atoms with van der Waals surface area (Å²) >= 11 is 0. The van der Waals surface area contributed by atoms with E-state index in [1.807, 2.05) is 6.92 Å². The quantitative estimate of drug-likeness (QED) is 0.0364. The number of nitrogens with one attached hydrogen (secondary N) is 1. The van der Waals surface area contributed by atoms with E-state index in [2.05, 4.69) is 60.8 Å². The van der Waals surface area contributed by atoms with E-state index in [1.165, 1.54) is 25.7 Å². The third-order valence-electron chi connectivity index (χ3n) is 6.01. The van der Waals surface area contributed by atoms with E-state index in [0.29, 0.717) is 12.8 Å². The van der Waals surface area contributed by atoms with Gasteiger partial charge in [-0.15, -0.1) is 0 Å². The van der Waals surface area contributed by atoms with Crippen molar-refractivity contribution < 1.29 is 37.9 Å². The van der Waals surface area contributed by atoms with Crippen LogP contribution in [0.4, 0.5) is 0 Å². The summed E-state index contributed by atoms with van der Waals surface area (Å²) in [7, 11) is -4.40. The summed E-state index contributed by atoms with van der Waals surface area (Å²) in [6, 6.07) is 0. The monoisotopic (exact) mass is 613 g/mol. The first-order valence-electron chi connectivity index (χ1n) is 15.6. The SMILES string of the molecule is CCCCC/C=C\C/C=C\C/C=C\C/C=C\CCCCCC(=O)NCCOP(=O)(O)OCC(O)COC(=O)CCCC. The Morgan fingerprint density at radius 3 is 1.90 bits per heavy atom.